The second-order valence-corrected chi connectivity index (χ2v) is 5.45. The van der Waals surface area contributed by atoms with Gasteiger partial charge >= 0.3 is 0 Å². The Labute approximate surface area is 124 Å². The van der Waals surface area contributed by atoms with Gasteiger partial charge in [0, 0.05) is 18.2 Å². The van der Waals surface area contributed by atoms with E-state index in [1.165, 1.54) is 11.1 Å². The molecule has 0 saturated carbocycles. The maximum atomic E-state index is 12.7. The first-order valence-electron chi connectivity index (χ1n) is 7.07. The number of amides is 1. The van der Waals surface area contributed by atoms with Gasteiger partial charge in [-0.2, -0.15) is 5.26 Å². The maximum Gasteiger partial charge on any atom is 0.254 e. The van der Waals surface area contributed by atoms with E-state index < -0.39 is 0 Å². The molecule has 3 rings (SSSR count). The Hall–Kier alpha value is -2.60. The van der Waals surface area contributed by atoms with Crippen LogP contribution < -0.4 is 0 Å². The van der Waals surface area contributed by atoms with Gasteiger partial charge in [-0.1, -0.05) is 30.3 Å². The standard InChI is InChI=1S/C18H16N2O/c1-13-9-15-6-2-3-7-17(15)12-20(13)18(21)16-8-4-5-14(10-16)11-19/h2-8,10,13H,9,12H2,1H3. The second-order valence-electron chi connectivity index (χ2n) is 5.45. The summed E-state index contributed by atoms with van der Waals surface area (Å²) in [6.07, 6.45) is 0.875. The van der Waals surface area contributed by atoms with E-state index in [0.717, 1.165) is 6.42 Å². The SMILES string of the molecule is CC1Cc2ccccc2CN1C(=O)c1cccc(C#N)c1. The molecule has 1 aliphatic rings. The van der Waals surface area contributed by atoms with Crippen LogP contribution in [0.5, 0.6) is 0 Å². The molecule has 0 N–H and O–H groups in total. The lowest BCUT2D eigenvalue weighted by Gasteiger charge is -2.35. The number of nitriles is 1. The Morgan fingerprint density at radius 3 is 2.71 bits per heavy atom. The van der Waals surface area contributed by atoms with Crippen LogP contribution in [0.3, 0.4) is 0 Å². The first-order chi connectivity index (χ1) is 10.2. The monoisotopic (exact) mass is 276 g/mol. The molecule has 0 spiro atoms. The topological polar surface area (TPSA) is 44.1 Å². The Balaban J connectivity index is 1.90. The highest BCUT2D eigenvalue weighted by atomic mass is 16.2. The van der Waals surface area contributed by atoms with E-state index >= 15 is 0 Å². The van der Waals surface area contributed by atoms with Crippen LogP contribution in [0.15, 0.2) is 48.5 Å². The third kappa shape index (κ3) is 2.53. The van der Waals surface area contributed by atoms with Gasteiger partial charge in [-0.25, -0.2) is 0 Å². The van der Waals surface area contributed by atoms with Crippen LogP contribution in [-0.2, 0) is 13.0 Å². The summed E-state index contributed by atoms with van der Waals surface area (Å²) in [4.78, 5) is 14.6. The van der Waals surface area contributed by atoms with Gasteiger partial charge in [0.2, 0.25) is 0 Å². The number of carbonyl (C=O) groups is 1. The van der Waals surface area contributed by atoms with Crippen LogP contribution in [0, 0.1) is 11.3 Å². The average molecular weight is 276 g/mol. The van der Waals surface area contributed by atoms with E-state index in [9.17, 15) is 4.79 Å². The fourth-order valence-corrected chi connectivity index (χ4v) is 2.84. The zero-order valence-electron chi connectivity index (χ0n) is 11.9. The Kier molecular flexibility index (Phi) is 3.45. The van der Waals surface area contributed by atoms with Crippen molar-refractivity contribution in [1.82, 2.24) is 4.90 Å². The van der Waals surface area contributed by atoms with E-state index in [2.05, 4.69) is 25.1 Å². The fourth-order valence-electron chi connectivity index (χ4n) is 2.84. The summed E-state index contributed by atoms with van der Waals surface area (Å²) in [7, 11) is 0. The first kappa shape index (κ1) is 13.4. The molecule has 0 bridgehead atoms. The van der Waals surface area contributed by atoms with Crippen LogP contribution >= 0.6 is 0 Å². The molecule has 2 aromatic rings. The molecule has 1 heterocycles. The second kappa shape index (κ2) is 5.41. The van der Waals surface area contributed by atoms with Crippen LogP contribution in [0.1, 0.15) is 34.0 Å². The van der Waals surface area contributed by atoms with Gasteiger partial charge in [-0.15, -0.1) is 0 Å². The number of benzene rings is 2. The summed E-state index contributed by atoms with van der Waals surface area (Å²) in [5, 5.41) is 8.96. The lowest BCUT2D eigenvalue weighted by atomic mass is 9.94. The van der Waals surface area contributed by atoms with Crippen molar-refractivity contribution < 1.29 is 4.79 Å². The molecule has 0 aromatic heterocycles. The van der Waals surface area contributed by atoms with E-state index in [4.69, 9.17) is 5.26 Å². The minimum Gasteiger partial charge on any atom is -0.331 e. The van der Waals surface area contributed by atoms with Crippen molar-refractivity contribution >= 4 is 5.91 Å². The number of rotatable bonds is 1. The molecule has 1 amide bonds. The predicted molar refractivity (Wildman–Crippen MR) is 80.6 cm³/mol. The molecule has 0 radical (unpaired) electrons. The highest BCUT2D eigenvalue weighted by Gasteiger charge is 2.27. The van der Waals surface area contributed by atoms with Crippen molar-refractivity contribution in [3.8, 4) is 6.07 Å². The third-order valence-electron chi connectivity index (χ3n) is 4.01. The highest BCUT2D eigenvalue weighted by molar-refractivity contribution is 5.95. The molecule has 3 nitrogen and oxygen atoms in total. The van der Waals surface area contributed by atoms with Crippen LogP contribution in [0.25, 0.3) is 0 Å². The van der Waals surface area contributed by atoms with Gasteiger partial charge in [-0.3, -0.25) is 4.79 Å². The first-order valence-corrected chi connectivity index (χ1v) is 7.07. The van der Waals surface area contributed by atoms with Crippen LogP contribution in [-0.4, -0.2) is 16.8 Å². The van der Waals surface area contributed by atoms with Gasteiger partial charge in [0.1, 0.15) is 0 Å². The molecule has 3 heteroatoms. The molecule has 2 aromatic carbocycles. The van der Waals surface area contributed by atoms with E-state index in [0.29, 0.717) is 17.7 Å². The third-order valence-corrected chi connectivity index (χ3v) is 4.01. The number of carbonyl (C=O) groups excluding carboxylic acids is 1. The zero-order valence-corrected chi connectivity index (χ0v) is 11.9. The summed E-state index contributed by atoms with van der Waals surface area (Å²) in [5.41, 5.74) is 3.63. The van der Waals surface area contributed by atoms with Crippen molar-refractivity contribution in [1.29, 1.82) is 5.26 Å². The van der Waals surface area contributed by atoms with Gasteiger partial charge in [0.25, 0.3) is 5.91 Å². The highest BCUT2D eigenvalue weighted by Crippen LogP contribution is 2.24. The van der Waals surface area contributed by atoms with Gasteiger partial charge in [0.05, 0.1) is 11.6 Å². The molecule has 104 valence electrons. The fraction of sp³-hybridized carbons (Fsp3) is 0.222. The molecular formula is C18H16N2O. The van der Waals surface area contributed by atoms with E-state index in [1.807, 2.05) is 17.0 Å². The van der Waals surface area contributed by atoms with E-state index in [-0.39, 0.29) is 11.9 Å². The maximum absolute atomic E-state index is 12.7. The van der Waals surface area contributed by atoms with Crippen LogP contribution in [0.2, 0.25) is 0 Å². The van der Waals surface area contributed by atoms with Crippen molar-refractivity contribution in [2.75, 3.05) is 0 Å². The van der Waals surface area contributed by atoms with Crippen LogP contribution in [0.4, 0.5) is 0 Å². The predicted octanol–water partition coefficient (Wildman–Crippen LogP) is 3.15. The molecule has 1 unspecified atom stereocenters. The number of hydrogen-bond acceptors (Lipinski definition) is 2. The smallest absolute Gasteiger partial charge is 0.254 e. The number of hydrogen-bond donors (Lipinski definition) is 0. The van der Waals surface area contributed by atoms with Crippen molar-refractivity contribution in [3.63, 3.8) is 0 Å². The van der Waals surface area contributed by atoms with Gasteiger partial charge in [0.15, 0.2) is 0 Å². The van der Waals surface area contributed by atoms with E-state index in [1.54, 1.807) is 24.3 Å². The zero-order chi connectivity index (χ0) is 14.8. The number of nitrogens with zero attached hydrogens (tertiary/aromatic N) is 2. The lowest BCUT2D eigenvalue weighted by molar-refractivity contribution is 0.0658. The summed E-state index contributed by atoms with van der Waals surface area (Å²) in [6, 6.07) is 17.4. The average Bonchev–Trinajstić information content (AvgIpc) is 2.53. The lowest BCUT2D eigenvalue weighted by Crippen LogP contribution is -2.42. The van der Waals surface area contributed by atoms with Gasteiger partial charge < -0.3 is 4.90 Å². The number of fused-ring (bicyclic) bond motifs is 1. The molecule has 1 atom stereocenters. The Morgan fingerprint density at radius 2 is 1.95 bits per heavy atom. The Morgan fingerprint density at radius 1 is 1.19 bits per heavy atom. The normalized spacial score (nSPS) is 17.0. The minimum atomic E-state index is -0.00546. The van der Waals surface area contributed by atoms with Gasteiger partial charge in [-0.05, 0) is 42.7 Å². The molecular weight excluding hydrogens is 260 g/mol. The summed E-state index contributed by atoms with van der Waals surface area (Å²) in [6.45, 7) is 2.70. The summed E-state index contributed by atoms with van der Waals surface area (Å²) >= 11 is 0. The van der Waals surface area contributed by atoms with Crippen molar-refractivity contribution in [2.45, 2.75) is 25.9 Å². The molecule has 1 aliphatic heterocycles. The minimum absolute atomic E-state index is 0.00546. The quantitative estimate of drug-likeness (QED) is 0.803. The summed E-state index contributed by atoms with van der Waals surface area (Å²) < 4.78 is 0. The van der Waals surface area contributed by atoms with Crippen molar-refractivity contribution in [2.24, 2.45) is 0 Å². The molecule has 0 aliphatic carbocycles. The molecule has 21 heavy (non-hydrogen) atoms. The van der Waals surface area contributed by atoms with Crippen molar-refractivity contribution in [3.05, 3.63) is 70.8 Å². The Bertz CT molecular complexity index is 730. The summed E-state index contributed by atoms with van der Waals surface area (Å²) in [5.74, 6) is -0.00546. The molecule has 0 fully saturated rings. The molecule has 0 saturated heterocycles. The largest absolute Gasteiger partial charge is 0.331 e.